The molecule has 1 aliphatic rings. The molecule has 23 heavy (non-hydrogen) atoms. The second kappa shape index (κ2) is 6.44. The molecule has 1 aromatic heterocycles. The Labute approximate surface area is 134 Å². The van der Waals surface area contributed by atoms with E-state index in [1.807, 2.05) is 17.5 Å². The van der Waals surface area contributed by atoms with E-state index in [1.165, 1.54) is 29.7 Å². The van der Waals surface area contributed by atoms with Crippen molar-refractivity contribution in [2.24, 2.45) is 5.10 Å². The van der Waals surface area contributed by atoms with E-state index in [0.29, 0.717) is 11.5 Å². The molecule has 3 rings (SSSR count). The first-order valence-corrected chi connectivity index (χ1v) is 7.44. The first-order chi connectivity index (χ1) is 11.1. The number of hydrazone groups is 1. The number of nitro groups is 1. The highest BCUT2D eigenvalue weighted by atomic mass is 32.1. The smallest absolute Gasteiger partial charge is 0.282 e. The summed E-state index contributed by atoms with van der Waals surface area (Å²) in [6.07, 6.45) is 1.42. The number of carbonyl (C=O) groups excluding carboxylic acids is 1. The molecule has 0 atom stereocenters. The van der Waals surface area contributed by atoms with Crippen molar-refractivity contribution >= 4 is 29.1 Å². The first-order valence-electron chi connectivity index (χ1n) is 6.56. The van der Waals surface area contributed by atoms with Gasteiger partial charge in [-0.3, -0.25) is 14.9 Å². The molecule has 0 saturated carbocycles. The van der Waals surface area contributed by atoms with Gasteiger partial charge >= 0.3 is 0 Å². The lowest BCUT2D eigenvalue weighted by Crippen LogP contribution is -2.19. The van der Waals surface area contributed by atoms with Gasteiger partial charge in [0.1, 0.15) is 0 Å². The number of hydrogen-bond acceptors (Lipinski definition) is 7. The average molecular weight is 333 g/mol. The van der Waals surface area contributed by atoms with Gasteiger partial charge in [-0.25, -0.2) is 5.43 Å². The van der Waals surface area contributed by atoms with Crippen molar-refractivity contribution in [3.8, 4) is 11.5 Å². The van der Waals surface area contributed by atoms with Gasteiger partial charge in [-0.1, -0.05) is 6.07 Å². The SMILES string of the molecule is O=C(Cc1cccs1)N/N=C\c1cc2c(cc1[N+](=O)[O-])OCO2. The molecule has 0 radical (unpaired) electrons. The molecule has 0 saturated heterocycles. The number of nitrogens with one attached hydrogen (secondary N) is 1. The molecule has 0 fully saturated rings. The number of thiophene rings is 1. The van der Waals surface area contributed by atoms with Crippen LogP contribution in [-0.2, 0) is 11.2 Å². The predicted molar refractivity (Wildman–Crippen MR) is 83.0 cm³/mol. The first kappa shape index (κ1) is 15.0. The van der Waals surface area contributed by atoms with Gasteiger partial charge in [-0.15, -0.1) is 11.3 Å². The Balaban J connectivity index is 1.71. The molecule has 2 aromatic rings. The Morgan fingerprint density at radius 3 is 2.91 bits per heavy atom. The van der Waals surface area contributed by atoms with Gasteiger partial charge in [0, 0.05) is 4.88 Å². The summed E-state index contributed by atoms with van der Waals surface area (Å²) in [5.74, 6) is 0.421. The largest absolute Gasteiger partial charge is 0.454 e. The molecule has 1 N–H and O–H groups in total. The summed E-state index contributed by atoms with van der Waals surface area (Å²) in [5, 5.41) is 16.7. The van der Waals surface area contributed by atoms with Gasteiger partial charge in [-0.05, 0) is 17.5 Å². The molecule has 0 bridgehead atoms. The van der Waals surface area contributed by atoms with E-state index in [4.69, 9.17) is 9.47 Å². The second-order valence-electron chi connectivity index (χ2n) is 4.57. The van der Waals surface area contributed by atoms with E-state index in [0.717, 1.165) is 4.88 Å². The van der Waals surface area contributed by atoms with Crippen LogP contribution in [0, 0.1) is 10.1 Å². The normalized spacial score (nSPS) is 12.5. The van der Waals surface area contributed by atoms with Crippen LogP contribution in [0.4, 0.5) is 5.69 Å². The van der Waals surface area contributed by atoms with Gasteiger partial charge in [0.15, 0.2) is 11.5 Å². The van der Waals surface area contributed by atoms with Crippen molar-refractivity contribution in [1.29, 1.82) is 0 Å². The summed E-state index contributed by atoms with van der Waals surface area (Å²) < 4.78 is 10.3. The molecular weight excluding hydrogens is 322 g/mol. The van der Waals surface area contributed by atoms with Gasteiger partial charge in [0.25, 0.3) is 5.69 Å². The standard InChI is InChI=1S/C14H11N3O5S/c18-14(5-10-2-1-3-23-10)16-15-7-9-4-12-13(22-8-21-12)6-11(9)17(19)20/h1-4,6-7H,5,8H2,(H,16,18)/b15-7-. The molecule has 9 heteroatoms. The van der Waals surface area contributed by atoms with Crippen molar-refractivity contribution in [3.63, 3.8) is 0 Å². The molecule has 0 spiro atoms. The summed E-state index contributed by atoms with van der Waals surface area (Å²) in [4.78, 5) is 23.2. The van der Waals surface area contributed by atoms with Crippen molar-refractivity contribution in [2.45, 2.75) is 6.42 Å². The topological polar surface area (TPSA) is 103 Å². The monoisotopic (exact) mass is 333 g/mol. The lowest BCUT2D eigenvalue weighted by Gasteiger charge is -2.01. The molecule has 8 nitrogen and oxygen atoms in total. The number of fused-ring (bicyclic) bond motifs is 1. The Morgan fingerprint density at radius 1 is 1.43 bits per heavy atom. The zero-order valence-electron chi connectivity index (χ0n) is 11.7. The van der Waals surface area contributed by atoms with Crippen molar-refractivity contribution in [1.82, 2.24) is 5.43 Å². The summed E-state index contributed by atoms with van der Waals surface area (Å²) in [6.45, 7) is 0.0185. The zero-order valence-corrected chi connectivity index (χ0v) is 12.5. The number of carbonyl (C=O) groups is 1. The maximum atomic E-state index is 11.7. The average Bonchev–Trinajstić information content (AvgIpc) is 3.16. The van der Waals surface area contributed by atoms with Crippen molar-refractivity contribution in [2.75, 3.05) is 6.79 Å². The molecule has 1 amide bonds. The third-order valence-electron chi connectivity index (χ3n) is 3.03. The highest BCUT2D eigenvalue weighted by Gasteiger charge is 2.22. The molecule has 1 aromatic carbocycles. The third-order valence-corrected chi connectivity index (χ3v) is 3.90. The highest BCUT2D eigenvalue weighted by molar-refractivity contribution is 7.10. The number of nitro benzene ring substituents is 1. The van der Waals surface area contributed by atoms with E-state index in [9.17, 15) is 14.9 Å². The number of rotatable bonds is 5. The van der Waals surface area contributed by atoms with E-state index >= 15 is 0 Å². The lowest BCUT2D eigenvalue weighted by atomic mass is 10.1. The van der Waals surface area contributed by atoms with Crippen LogP contribution in [0.3, 0.4) is 0 Å². The molecule has 1 aliphatic heterocycles. The van der Waals surface area contributed by atoms with Crippen LogP contribution in [0.1, 0.15) is 10.4 Å². The van der Waals surface area contributed by atoms with Crippen LogP contribution in [0.5, 0.6) is 11.5 Å². The van der Waals surface area contributed by atoms with Crippen LogP contribution in [0.15, 0.2) is 34.7 Å². The molecule has 2 heterocycles. The van der Waals surface area contributed by atoms with Gasteiger partial charge in [0.2, 0.25) is 12.7 Å². The van der Waals surface area contributed by atoms with E-state index in [2.05, 4.69) is 10.5 Å². The van der Waals surface area contributed by atoms with E-state index in [-0.39, 0.29) is 30.4 Å². The Hall–Kier alpha value is -2.94. The Bertz CT molecular complexity index is 773. The lowest BCUT2D eigenvalue weighted by molar-refractivity contribution is -0.385. The molecular formula is C14H11N3O5S. The van der Waals surface area contributed by atoms with Gasteiger partial charge in [-0.2, -0.15) is 5.10 Å². The van der Waals surface area contributed by atoms with Gasteiger partial charge < -0.3 is 9.47 Å². The van der Waals surface area contributed by atoms with E-state index in [1.54, 1.807) is 0 Å². The van der Waals surface area contributed by atoms with Crippen LogP contribution >= 0.6 is 11.3 Å². The summed E-state index contributed by atoms with van der Waals surface area (Å²) >= 11 is 1.47. The fourth-order valence-electron chi connectivity index (χ4n) is 1.99. The predicted octanol–water partition coefficient (Wildman–Crippen LogP) is 2.08. The minimum Gasteiger partial charge on any atom is -0.454 e. The minimum atomic E-state index is -0.545. The molecule has 0 aliphatic carbocycles. The Kier molecular flexibility index (Phi) is 4.20. The summed E-state index contributed by atoms with van der Waals surface area (Å²) in [6, 6.07) is 6.43. The highest BCUT2D eigenvalue weighted by Crippen LogP contribution is 2.37. The quantitative estimate of drug-likeness (QED) is 0.512. The van der Waals surface area contributed by atoms with Gasteiger partial charge in [0.05, 0.1) is 29.2 Å². The summed E-state index contributed by atoms with van der Waals surface area (Å²) in [5.41, 5.74) is 2.39. The fraction of sp³-hybridized carbons (Fsp3) is 0.143. The van der Waals surface area contributed by atoms with Crippen LogP contribution in [0.25, 0.3) is 0 Å². The third kappa shape index (κ3) is 3.46. The van der Waals surface area contributed by atoms with Crippen molar-refractivity contribution < 1.29 is 19.2 Å². The molecule has 118 valence electrons. The summed E-state index contributed by atoms with van der Waals surface area (Å²) in [7, 11) is 0. The number of ether oxygens (including phenoxy) is 2. The molecule has 0 unspecified atom stereocenters. The van der Waals surface area contributed by atoms with Crippen LogP contribution in [0.2, 0.25) is 0 Å². The maximum absolute atomic E-state index is 11.7. The number of nitrogens with zero attached hydrogens (tertiary/aromatic N) is 2. The minimum absolute atomic E-state index is 0.0185. The zero-order chi connectivity index (χ0) is 16.2. The Morgan fingerprint density at radius 2 is 2.22 bits per heavy atom. The van der Waals surface area contributed by atoms with Crippen molar-refractivity contribution in [3.05, 3.63) is 50.2 Å². The van der Waals surface area contributed by atoms with E-state index < -0.39 is 4.92 Å². The number of benzene rings is 1. The number of hydrogen-bond donors (Lipinski definition) is 1. The van der Waals surface area contributed by atoms with Crippen LogP contribution in [-0.4, -0.2) is 23.8 Å². The van der Waals surface area contributed by atoms with Crippen LogP contribution < -0.4 is 14.9 Å². The maximum Gasteiger partial charge on any atom is 0.282 e. The fourth-order valence-corrected chi connectivity index (χ4v) is 2.70. The second-order valence-corrected chi connectivity index (χ2v) is 5.60. The number of amides is 1.